The highest BCUT2D eigenvalue weighted by Crippen LogP contribution is 2.30. The molecule has 1 aromatic heterocycles. The maximum Gasteiger partial charge on any atom is 0.133 e. The predicted octanol–water partition coefficient (Wildman–Crippen LogP) is 5.78. The lowest BCUT2D eigenvalue weighted by Gasteiger charge is -2.07. The van der Waals surface area contributed by atoms with E-state index in [9.17, 15) is 0 Å². The van der Waals surface area contributed by atoms with Crippen molar-refractivity contribution in [2.24, 2.45) is 0 Å². The fourth-order valence-corrected chi connectivity index (χ4v) is 2.83. The van der Waals surface area contributed by atoms with Crippen LogP contribution in [0.3, 0.4) is 0 Å². The van der Waals surface area contributed by atoms with Crippen LogP contribution in [0.15, 0.2) is 83.5 Å². The van der Waals surface area contributed by atoms with Crippen LogP contribution >= 0.6 is 0 Å². The Morgan fingerprint density at radius 2 is 1.48 bits per heavy atom. The molecule has 2 nitrogen and oxygen atoms in total. The van der Waals surface area contributed by atoms with Crippen molar-refractivity contribution in [1.29, 1.82) is 0 Å². The zero-order valence-electron chi connectivity index (χ0n) is 12.8. The average Bonchev–Trinajstić information content (AvgIpc) is 3.15. The summed E-state index contributed by atoms with van der Waals surface area (Å²) in [6, 6.07) is 24.9. The Hall–Kier alpha value is -3.00. The zero-order chi connectivity index (χ0) is 15.6. The van der Waals surface area contributed by atoms with Crippen molar-refractivity contribution in [1.82, 2.24) is 0 Å². The van der Waals surface area contributed by atoms with Gasteiger partial charge in [-0.15, -0.1) is 0 Å². The minimum Gasteiger partial charge on any atom is -0.497 e. The number of benzene rings is 3. The normalized spacial score (nSPS) is 10.8. The zero-order valence-corrected chi connectivity index (χ0v) is 12.8. The first-order valence-electron chi connectivity index (χ1n) is 7.55. The quantitative estimate of drug-likeness (QED) is 0.479. The Labute approximate surface area is 135 Å². The number of hydrogen-bond donors (Lipinski definition) is 0. The fourth-order valence-electron chi connectivity index (χ4n) is 2.83. The molecule has 1 heterocycles. The molecule has 4 aromatic rings. The predicted molar refractivity (Wildman–Crippen MR) is 93.6 cm³/mol. The van der Waals surface area contributed by atoms with Gasteiger partial charge in [-0.3, -0.25) is 0 Å². The van der Waals surface area contributed by atoms with Gasteiger partial charge in [0.05, 0.1) is 13.4 Å². The molecule has 0 aliphatic carbocycles. The number of furan rings is 1. The molecule has 0 saturated carbocycles. The third kappa shape index (κ3) is 2.59. The summed E-state index contributed by atoms with van der Waals surface area (Å²) >= 11 is 0. The average molecular weight is 300 g/mol. The number of ether oxygens (including phenoxy) is 1. The highest BCUT2D eigenvalue weighted by molar-refractivity contribution is 5.88. The molecule has 0 unspecified atom stereocenters. The summed E-state index contributed by atoms with van der Waals surface area (Å²) in [5.41, 5.74) is 3.45. The van der Waals surface area contributed by atoms with Crippen LogP contribution in [-0.4, -0.2) is 7.11 Å². The Bertz CT molecular complexity index is 953. The summed E-state index contributed by atoms with van der Waals surface area (Å²) < 4.78 is 10.8. The van der Waals surface area contributed by atoms with Crippen molar-refractivity contribution in [2.75, 3.05) is 7.11 Å². The number of methoxy groups -OCH3 is 1. The molecule has 23 heavy (non-hydrogen) atoms. The van der Waals surface area contributed by atoms with Crippen LogP contribution in [0.2, 0.25) is 0 Å². The van der Waals surface area contributed by atoms with E-state index >= 15 is 0 Å². The lowest BCUT2D eigenvalue weighted by Crippen LogP contribution is -1.84. The van der Waals surface area contributed by atoms with Gasteiger partial charge in [0.1, 0.15) is 11.5 Å². The van der Waals surface area contributed by atoms with Crippen molar-refractivity contribution >= 4 is 10.8 Å². The Kier molecular flexibility index (Phi) is 3.35. The highest BCUT2D eigenvalue weighted by Gasteiger charge is 2.05. The van der Waals surface area contributed by atoms with E-state index < -0.39 is 0 Å². The second-order valence-corrected chi connectivity index (χ2v) is 5.49. The van der Waals surface area contributed by atoms with Crippen LogP contribution in [-0.2, 0) is 0 Å². The van der Waals surface area contributed by atoms with Gasteiger partial charge in [0, 0.05) is 5.56 Å². The summed E-state index contributed by atoms with van der Waals surface area (Å²) in [6.07, 6.45) is 1.70. The number of fused-ring (bicyclic) bond motifs is 1. The maximum absolute atomic E-state index is 5.49. The Morgan fingerprint density at radius 3 is 2.30 bits per heavy atom. The number of rotatable bonds is 3. The van der Waals surface area contributed by atoms with E-state index in [-0.39, 0.29) is 0 Å². The molecule has 0 N–H and O–H groups in total. The van der Waals surface area contributed by atoms with E-state index in [1.165, 1.54) is 21.9 Å². The molecule has 112 valence electrons. The van der Waals surface area contributed by atoms with Gasteiger partial charge in [-0.05, 0) is 58.3 Å². The van der Waals surface area contributed by atoms with Crippen molar-refractivity contribution in [3.8, 4) is 28.2 Å². The molecule has 0 fully saturated rings. The topological polar surface area (TPSA) is 22.4 Å². The van der Waals surface area contributed by atoms with Crippen molar-refractivity contribution < 1.29 is 9.15 Å². The smallest absolute Gasteiger partial charge is 0.133 e. The first-order valence-corrected chi connectivity index (χ1v) is 7.55. The van der Waals surface area contributed by atoms with Crippen molar-refractivity contribution in [2.45, 2.75) is 0 Å². The molecule has 0 amide bonds. The van der Waals surface area contributed by atoms with E-state index in [4.69, 9.17) is 9.15 Å². The first-order chi connectivity index (χ1) is 11.3. The molecule has 0 bridgehead atoms. The molecule has 0 saturated heterocycles. The van der Waals surface area contributed by atoms with Gasteiger partial charge in [0.25, 0.3) is 0 Å². The van der Waals surface area contributed by atoms with E-state index in [0.29, 0.717) is 0 Å². The molecule has 2 heteroatoms. The monoisotopic (exact) mass is 300 g/mol. The largest absolute Gasteiger partial charge is 0.497 e. The van der Waals surface area contributed by atoms with Crippen LogP contribution in [0.4, 0.5) is 0 Å². The Balaban J connectivity index is 1.78. The van der Waals surface area contributed by atoms with Gasteiger partial charge < -0.3 is 9.15 Å². The number of hydrogen-bond acceptors (Lipinski definition) is 2. The van der Waals surface area contributed by atoms with Crippen molar-refractivity contribution in [3.05, 3.63) is 79.1 Å². The lowest BCUT2D eigenvalue weighted by atomic mass is 9.99. The minimum atomic E-state index is 0.880. The van der Waals surface area contributed by atoms with Crippen LogP contribution in [0, 0.1) is 0 Å². The van der Waals surface area contributed by atoms with Crippen LogP contribution in [0.25, 0.3) is 33.2 Å². The van der Waals surface area contributed by atoms with Crippen LogP contribution in [0.1, 0.15) is 0 Å². The minimum absolute atomic E-state index is 0.880. The molecule has 0 atom stereocenters. The summed E-state index contributed by atoms with van der Waals surface area (Å²) in [6.45, 7) is 0. The molecule has 0 radical (unpaired) electrons. The van der Waals surface area contributed by atoms with Crippen LogP contribution < -0.4 is 4.74 Å². The van der Waals surface area contributed by atoms with E-state index in [0.717, 1.165) is 17.1 Å². The van der Waals surface area contributed by atoms with Gasteiger partial charge in [-0.1, -0.05) is 36.4 Å². The fraction of sp³-hybridized carbons (Fsp3) is 0.0476. The van der Waals surface area contributed by atoms with Crippen LogP contribution in [0.5, 0.6) is 5.75 Å². The molecule has 0 spiro atoms. The van der Waals surface area contributed by atoms with Gasteiger partial charge in [-0.2, -0.15) is 0 Å². The second kappa shape index (κ2) is 5.65. The van der Waals surface area contributed by atoms with Gasteiger partial charge in [0.15, 0.2) is 0 Å². The summed E-state index contributed by atoms with van der Waals surface area (Å²) in [7, 11) is 1.69. The molecule has 3 aromatic carbocycles. The van der Waals surface area contributed by atoms with E-state index in [1.54, 1.807) is 13.4 Å². The van der Waals surface area contributed by atoms with Gasteiger partial charge in [0.2, 0.25) is 0 Å². The van der Waals surface area contributed by atoms with Crippen molar-refractivity contribution in [3.63, 3.8) is 0 Å². The molecule has 4 rings (SSSR count). The van der Waals surface area contributed by atoms with E-state index in [1.807, 2.05) is 18.2 Å². The third-order valence-corrected chi connectivity index (χ3v) is 4.05. The SMILES string of the molecule is COc1ccc2cc(-c3cccc(-c4ccco4)c3)ccc2c1. The van der Waals surface area contributed by atoms with Gasteiger partial charge >= 0.3 is 0 Å². The second-order valence-electron chi connectivity index (χ2n) is 5.49. The third-order valence-electron chi connectivity index (χ3n) is 4.05. The van der Waals surface area contributed by atoms with Gasteiger partial charge in [-0.25, -0.2) is 0 Å². The Morgan fingerprint density at radius 1 is 0.696 bits per heavy atom. The summed E-state index contributed by atoms with van der Waals surface area (Å²) in [5.74, 6) is 1.77. The summed E-state index contributed by atoms with van der Waals surface area (Å²) in [4.78, 5) is 0. The molecule has 0 aliphatic rings. The standard InChI is InChI=1S/C21H16O2/c1-22-20-10-9-17-12-16(7-8-18(17)14-20)15-4-2-5-19(13-15)21-6-3-11-23-21/h2-14H,1H3. The molecular weight excluding hydrogens is 284 g/mol. The maximum atomic E-state index is 5.49. The lowest BCUT2D eigenvalue weighted by molar-refractivity contribution is 0.415. The molecular formula is C21H16O2. The summed E-state index contributed by atoms with van der Waals surface area (Å²) in [5, 5.41) is 2.38. The molecule has 0 aliphatic heterocycles. The van der Waals surface area contributed by atoms with E-state index in [2.05, 4.69) is 54.6 Å². The first kappa shape index (κ1) is 13.6. The highest BCUT2D eigenvalue weighted by atomic mass is 16.5.